The van der Waals surface area contributed by atoms with E-state index in [1.165, 1.54) is 5.56 Å². The zero-order valence-corrected chi connectivity index (χ0v) is 12.7. The summed E-state index contributed by atoms with van der Waals surface area (Å²) >= 11 is 5.22. The molecular weight excluding hydrogens is 296 g/mol. The van der Waals surface area contributed by atoms with Gasteiger partial charge in [0.25, 0.3) is 0 Å². The highest BCUT2D eigenvalue weighted by Crippen LogP contribution is 2.17. The normalized spacial score (nSPS) is 11.7. The van der Waals surface area contributed by atoms with Crippen LogP contribution in [0.5, 0.6) is 0 Å². The second-order valence-electron chi connectivity index (χ2n) is 4.67. The molecule has 0 saturated heterocycles. The van der Waals surface area contributed by atoms with E-state index in [0.29, 0.717) is 10.6 Å². The van der Waals surface area contributed by atoms with E-state index in [4.69, 9.17) is 16.6 Å². The molecule has 0 spiro atoms. The maximum Gasteiger partial charge on any atom is 0.216 e. The second-order valence-corrected chi connectivity index (χ2v) is 5.06. The van der Waals surface area contributed by atoms with Crippen molar-refractivity contribution in [3.05, 3.63) is 64.8 Å². The maximum atomic E-state index is 5.22. The van der Waals surface area contributed by atoms with Gasteiger partial charge in [0.2, 0.25) is 4.77 Å². The van der Waals surface area contributed by atoms with Crippen molar-refractivity contribution in [2.24, 2.45) is 5.10 Å². The predicted octanol–water partition coefficient (Wildman–Crippen LogP) is 4.06. The van der Waals surface area contributed by atoms with E-state index >= 15 is 0 Å². The fraction of sp³-hybridized carbons (Fsp3) is 0.0625. The van der Waals surface area contributed by atoms with Gasteiger partial charge < -0.3 is 4.42 Å². The lowest BCUT2D eigenvalue weighted by Gasteiger charge is -2.00. The summed E-state index contributed by atoms with van der Waals surface area (Å²) < 4.78 is 7.24. The molecule has 0 aliphatic rings. The molecule has 2 heterocycles. The van der Waals surface area contributed by atoms with E-state index in [1.807, 2.05) is 49.4 Å². The number of aromatic amines is 1. The van der Waals surface area contributed by atoms with Gasteiger partial charge in [0.05, 0.1) is 6.26 Å². The van der Waals surface area contributed by atoms with Crippen molar-refractivity contribution in [1.29, 1.82) is 0 Å². The standard InChI is InChI=1S/C16H14N4OS/c1-12-6-8-13(9-7-12)15-18-19-16(22)20(15)17-10-2-4-14-5-3-11-21-14/h2-11H,1H3,(H,19,22). The van der Waals surface area contributed by atoms with Crippen LogP contribution >= 0.6 is 12.2 Å². The Hall–Kier alpha value is -2.73. The first-order valence-corrected chi connectivity index (χ1v) is 7.14. The van der Waals surface area contributed by atoms with Crippen LogP contribution in [-0.4, -0.2) is 21.1 Å². The number of allylic oxidation sites excluding steroid dienone is 1. The Labute approximate surface area is 132 Å². The molecule has 110 valence electrons. The SMILES string of the molecule is Cc1ccc(-c2n[nH]c(=S)n2N=CC=Cc2ccco2)cc1. The van der Waals surface area contributed by atoms with E-state index in [-0.39, 0.29) is 0 Å². The van der Waals surface area contributed by atoms with Crippen LogP contribution in [0.15, 0.2) is 58.3 Å². The van der Waals surface area contributed by atoms with Gasteiger partial charge in [0, 0.05) is 11.8 Å². The molecule has 3 rings (SSSR count). The minimum Gasteiger partial charge on any atom is -0.465 e. The van der Waals surface area contributed by atoms with Gasteiger partial charge in [-0.3, -0.25) is 0 Å². The van der Waals surface area contributed by atoms with Gasteiger partial charge in [0.15, 0.2) is 5.82 Å². The zero-order valence-electron chi connectivity index (χ0n) is 11.9. The van der Waals surface area contributed by atoms with Crippen molar-refractivity contribution in [2.45, 2.75) is 6.92 Å². The number of benzene rings is 1. The first kappa shape index (κ1) is 14.2. The monoisotopic (exact) mass is 310 g/mol. The summed E-state index contributed by atoms with van der Waals surface area (Å²) in [5, 5.41) is 11.3. The maximum absolute atomic E-state index is 5.22. The fourth-order valence-corrected chi connectivity index (χ4v) is 2.10. The molecule has 0 amide bonds. The van der Waals surface area contributed by atoms with Crippen molar-refractivity contribution in [1.82, 2.24) is 14.9 Å². The van der Waals surface area contributed by atoms with Crippen LogP contribution in [-0.2, 0) is 0 Å². The quantitative estimate of drug-likeness (QED) is 0.584. The number of nitrogens with one attached hydrogen (secondary N) is 1. The molecule has 22 heavy (non-hydrogen) atoms. The largest absolute Gasteiger partial charge is 0.465 e. The molecule has 0 unspecified atom stereocenters. The highest BCUT2D eigenvalue weighted by molar-refractivity contribution is 7.71. The number of hydrogen-bond donors (Lipinski definition) is 1. The highest BCUT2D eigenvalue weighted by atomic mass is 32.1. The van der Waals surface area contributed by atoms with Gasteiger partial charge in [0.1, 0.15) is 5.76 Å². The molecule has 1 aromatic carbocycles. The average Bonchev–Trinajstić information content (AvgIpc) is 3.15. The Balaban J connectivity index is 1.86. The molecule has 0 saturated carbocycles. The third-order valence-electron chi connectivity index (χ3n) is 3.03. The van der Waals surface area contributed by atoms with Gasteiger partial charge in [-0.05, 0) is 43.4 Å². The van der Waals surface area contributed by atoms with E-state index in [0.717, 1.165) is 11.3 Å². The molecule has 0 bridgehead atoms. The Kier molecular flexibility index (Phi) is 4.11. The van der Waals surface area contributed by atoms with Crippen molar-refractivity contribution < 1.29 is 4.42 Å². The van der Waals surface area contributed by atoms with Crippen LogP contribution in [0, 0.1) is 11.7 Å². The number of aromatic nitrogens is 3. The van der Waals surface area contributed by atoms with Gasteiger partial charge in [-0.15, -0.1) is 0 Å². The lowest BCUT2D eigenvalue weighted by Crippen LogP contribution is -1.93. The number of rotatable bonds is 4. The van der Waals surface area contributed by atoms with Crippen LogP contribution in [0.1, 0.15) is 11.3 Å². The topological polar surface area (TPSA) is 59.1 Å². The Bertz CT molecular complexity index is 854. The minimum absolute atomic E-state index is 0.443. The van der Waals surface area contributed by atoms with Crippen molar-refractivity contribution in [3.63, 3.8) is 0 Å². The summed E-state index contributed by atoms with van der Waals surface area (Å²) in [6.07, 6.45) is 6.87. The summed E-state index contributed by atoms with van der Waals surface area (Å²) in [5.41, 5.74) is 2.14. The zero-order chi connectivity index (χ0) is 15.4. The van der Waals surface area contributed by atoms with Gasteiger partial charge in [-0.1, -0.05) is 29.8 Å². The number of aryl methyl sites for hydroxylation is 1. The third kappa shape index (κ3) is 3.12. The fourth-order valence-electron chi connectivity index (χ4n) is 1.92. The van der Waals surface area contributed by atoms with Gasteiger partial charge in [-0.25, -0.2) is 5.10 Å². The Morgan fingerprint density at radius 2 is 2.09 bits per heavy atom. The Morgan fingerprint density at radius 3 is 2.82 bits per heavy atom. The van der Waals surface area contributed by atoms with Crippen molar-refractivity contribution in [2.75, 3.05) is 0 Å². The van der Waals surface area contributed by atoms with Crippen LogP contribution in [0.3, 0.4) is 0 Å². The Morgan fingerprint density at radius 1 is 1.27 bits per heavy atom. The summed E-state index contributed by atoms with van der Waals surface area (Å²) in [7, 11) is 0. The van der Waals surface area contributed by atoms with E-state index in [1.54, 1.807) is 23.2 Å². The highest BCUT2D eigenvalue weighted by Gasteiger charge is 2.07. The van der Waals surface area contributed by atoms with Crippen molar-refractivity contribution >= 4 is 24.5 Å². The predicted molar refractivity (Wildman–Crippen MR) is 89.2 cm³/mol. The molecule has 5 nitrogen and oxygen atoms in total. The van der Waals surface area contributed by atoms with Crippen molar-refractivity contribution in [3.8, 4) is 11.4 Å². The minimum atomic E-state index is 0.443. The molecule has 6 heteroatoms. The average molecular weight is 310 g/mol. The summed E-state index contributed by atoms with van der Waals surface area (Å²) in [4.78, 5) is 0. The van der Waals surface area contributed by atoms with E-state index in [2.05, 4.69) is 15.3 Å². The number of furan rings is 1. The van der Waals surface area contributed by atoms with Crippen LogP contribution < -0.4 is 0 Å². The van der Waals surface area contributed by atoms with E-state index in [9.17, 15) is 0 Å². The summed E-state index contributed by atoms with van der Waals surface area (Å²) in [6.45, 7) is 2.04. The van der Waals surface area contributed by atoms with Crippen LogP contribution in [0.2, 0.25) is 0 Å². The molecule has 0 aliphatic heterocycles. The molecule has 0 radical (unpaired) electrons. The summed E-state index contributed by atoms with van der Waals surface area (Å²) in [5.74, 6) is 1.44. The first-order valence-electron chi connectivity index (χ1n) is 6.73. The molecule has 2 aromatic heterocycles. The molecular formula is C16H14N4OS. The smallest absolute Gasteiger partial charge is 0.216 e. The van der Waals surface area contributed by atoms with Gasteiger partial charge >= 0.3 is 0 Å². The third-order valence-corrected chi connectivity index (χ3v) is 3.30. The molecule has 0 aliphatic carbocycles. The number of nitrogens with zero attached hydrogens (tertiary/aromatic N) is 3. The van der Waals surface area contributed by atoms with Crippen LogP contribution in [0.25, 0.3) is 17.5 Å². The van der Waals surface area contributed by atoms with Gasteiger partial charge in [-0.2, -0.15) is 14.9 Å². The molecule has 3 aromatic rings. The molecule has 0 fully saturated rings. The van der Waals surface area contributed by atoms with E-state index < -0.39 is 0 Å². The first-order chi connectivity index (χ1) is 10.7. The summed E-state index contributed by atoms with van der Waals surface area (Å²) in [6, 6.07) is 11.7. The molecule has 1 N–H and O–H groups in total. The lowest BCUT2D eigenvalue weighted by molar-refractivity contribution is 0.557. The van der Waals surface area contributed by atoms with Crippen LogP contribution in [0.4, 0.5) is 0 Å². The lowest BCUT2D eigenvalue weighted by atomic mass is 10.1. The second kappa shape index (κ2) is 6.36. The number of hydrogen-bond acceptors (Lipinski definition) is 4. The number of H-pyrrole nitrogens is 1. The molecule has 0 atom stereocenters.